The number of benzene rings is 2. The minimum atomic E-state index is -1.21. The van der Waals surface area contributed by atoms with Crippen LogP contribution in [0.25, 0.3) is 0 Å². The Labute approximate surface area is 143 Å². The van der Waals surface area contributed by atoms with Gasteiger partial charge in [-0.1, -0.05) is 42.5 Å². The molecule has 0 amide bonds. The Bertz CT molecular complexity index is 779. The minimum absolute atomic E-state index is 0.821. The molecular formula is C19H19N3OSi. The highest BCUT2D eigenvalue weighted by Crippen LogP contribution is 2.29. The van der Waals surface area contributed by atoms with E-state index in [9.17, 15) is 0 Å². The Morgan fingerprint density at radius 2 is 1.54 bits per heavy atom. The zero-order valence-corrected chi connectivity index (χ0v) is 14.9. The lowest BCUT2D eigenvalue weighted by molar-refractivity contribution is 0.582. The van der Waals surface area contributed by atoms with E-state index in [0.29, 0.717) is 0 Å². The zero-order chi connectivity index (χ0) is 16.8. The van der Waals surface area contributed by atoms with Crippen LogP contribution in [-0.2, 0) is 0 Å². The Hall–Kier alpha value is -2.79. The normalized spacial score (nSPS) is 11.5. The summed E-state index contributed by atoms with van der Waals surface area (Å²) < 4.78 is 6.02. The van der Waals surface area contributed by atoms with Crippen molar-refractivity contribution in [2.24, 2.45) is 4.99 Å². The molecule has 1 heterocycles. The smallest absolute Gasteiger partial charge is 0.229 e. The highest BCUT2D eigenvalue weighted by Gasteiger charge is 2.10. The minimum Gasteiger partial charge on any atom is -0.546 e. The summed E-state index contributed by atoms with van der Waals surface area (Å²) in [6, 6.07) is 17.9. The van der Waals surface area contributed by atoms with Gasteiger partial charge >= 0.3 is 0 Å². The summed E-state index contributed by atoms with van der Waals surface area (Å²) in [6.45, 7) is 4.28. The van der Waals surface area contributed by atoms with Crippen molar-refractivity contribution in [1.82, 2.24) is 9.97 Å². The molecule has 24 heavy (non-hydrogen) atoms. The highest BCUT2D eigenvalue weighted by atomic mass is 28.3. The monoisotopic (exact) mass is 333 g/mol. The molecule has 0 radical (unpaired) electrons. The molecule has 3 rings (SSSR count). The van der Waals surface area contributed by atoms with Crippen LogP contribution in [0.4, 0.5) is 5.69 Å². The van der Waals surface area contributed by atoms with Gasteiger partial charge in [0.25, 0.3) is 0 Å². The summed E-state index contributed by atoms with van der Waals surface area (Å²) in [5.74, 6) is 0.824. The van der Waals surface area contributed by atoms with Crippen molar-refractivity contribution in [2.45, 2.75) is 13.1 Å². The van der Waals surface area contributed by atoms with Crippen molar-refractivity contribution in [3.63, 3.8) is 0 Å². The van der Waals surface area contributed by atoms with E-state index in [-0.39, 0.29) is 0 Å². The molecule has 0 spiro atoms. The Kier molecular flexibility index (Phi) is 5.13. The number of aliphatic imine (C=N–C) groups is 1. The Balaban J connectivity index is 2.12. The predicted molar refractivity (Wildman–Crippen MR) is 99.7 cm³/mol. The zero-order valence-electron chi connectivity index (χ0n) is 13.8. The van der Waals surface area contributed by atoms with E-state index in [2.05, 4.69) is 23.1 Å². The van der Waals surface area contributed by atoms with Crippen LogP contribution in [-0.4, -0.2) is 24.7 Å². The molecule has 0 N–H and O–H groups in total. The van der Waals surface area contributed by atoms with Crippen LogP contribution in [0, 0.1) is 0 Å². The van der Waals surface area contributed by atoms with Gasteiger partial charge in [-0.05, 0) is 25.2 Å². The third kappa shape index (κ3) is 3.94. The van der Waals surface area contributed by atoms with Crippen LogP contribution in [0.1, 0.15) is 11.1 Å². The molecule has 120 valence electrons. The second-order valence-electron chi connectivity index (χ2n) is 5.59. The van der Waals surface area contributed by atoms with E-state index in [1.165, 1.54) is 6.33 Å². The number of rotatable bonds is 5. The molecular weight excluding hydrogens is 314 g/mol. The van der Waals surface area contributed by atoms with E-state index in [1.54, 1.807) is 12.4 Å². The summed E-state index contributed by atoms with van der Waals surface area (Å²) >= 11 is 0. The quantitative estimate of drug-likeness (QED) is 0.523. The summed E-state index contributed by atoms with van der Waals surface area (Å²) in [6.07, 6.45) is 5.08. The lowest BCUT2D eigenvalue weighted by Crippen LogP contribution is -2.11. The molecule has 0 saturated heterocycles. The molecule has 0 aliphatic heterocycles. The molecule has 4 nitrogen and oxygen atoms in total. The molecule has 0 atom stereocenters. The van der Waals surface area contributed by atoms with Gasteiger partial charge in [0.1, 0.15) is 17.8 Å². The van der Waals surface area contributed by atoms with E-state index in [0.717, 1.165) is 28.3 Å². The predicted octanol–water partition coefficient (Wildman–Crippen LogP) is 4.01. The molecule has 1 aromatic heterocycles. The van der Waals surface area contributed by atoms with Gasteiger partial charge in [0.15, 0.2) is 0 Å². The Morgan fingerprint density at radius 1 is 0.875 bits per heavy atom. The fraction of sp³-hybridized carbons (Fsp3) is 0.105. The molecule has 0 unspecified atom stereocenters. The summed E-state index contributed by atoms with van der Waals surface area (Å²) in [7, 11) is -1.21. The van der Waals surface area contributed by atoms with Gasteiger partial charge in [-0.25, -0.2) is 15.0 Å². The average molecular weight is 333 g/mol. The standard InChI is InChI=1S/C19H19N3OSi/c1-24(2)23-18-11-7-6-10-17(18)22-19(15-8-4-3-5-9-15)16-12-20-14-21-13-16/h3-14,24H,1-2H3. The summed E-state index contributed by atoms with van der Waals surface area (Å²) in [5.41, 5.74) is 3.54. The second kappa shape index (κ2) is 7.65. The van der Waals surface area contributed by atoms with E-state index >= 15 is 0 Å². The van der Waals surface area contributed by atoms with E-state index in [1.807, 2.05) is 54.6 Å². The van der Waals surface area contributed by atoms with Gasteiger partial charge < -0.3 is 4.43 Å². The third-order valence-electron chi connectivity index (χ3n) is 3.34. The van der Waals surface area contributed by atoms with Gasteiger partial charge in [0.2, 0.25) is 9.04 Å². The maximum absolute atomic E-state index is 6.02. The van der Waals surface area contributed by atoms with Crippen LogP contribution >= 0.6 is 0 Å². The number of hydrogen-bond donors (Lipinski definition) is 0. The number of nitrogens with zero attached hydrogens (tertiary/aromatic N) is 3. The molecule has 0 aliphatic carbocycles. The fourth-order valence-corrected chi connectivity index (χ4v) is 3.04. The van der Waals surface area contributed by atoms with E-state index in [4.69, 9.17) is 9.42 Å². The maximum Gasteiger partial charge on any atom is 0.229 e. The third-order valence-corrected chi connectivity index (χ3v) is 4.07. The van der Waals surface area contributed by atoms with Crippen molar-refractivity contribution in [3.05, 3.63) is 84.4 Å². The molecule has 0 aliphatic rings. The van der Waals surface area contributed by atoms with Crippen molar-refractivity contribution < 1.29 is 4.43 Å². The first-order valence-corrected chi connectivity index (χ1v) is 10.7. The van der Waals surface area contributed by atoms with Crippen LogP contribution in [0.5, 0.6) is 5.75 Å². The first-order valence-electron chi connectivity index (χ1n) is 7.89. The van der Waals surface area contributed by atoms with Crippen molar-refractivity contribution in [2.75, 3.05) is 0 Å². The highest BCUT2D eigenvalue weighted by molar-refractivity contribution is 6.49. The number of aromatic nitrogens is 2. The molecule has 0 fully saturated rings. The molecule has 0 saturated carbocycles. The Morgan fingerprint density at radius 3 is 2.25 bits per heavy atom. The van der Waals surface area contributed by atoms with Gasteiger partial charge in [0, 0.05) is 23.5 Å². The molecule has 0 bridgehead atoms. The van der Waals surface area contributed by atoms with Crippen LogP contribution in [0.2, 0.25) is 13.1 Å². The molecule has 3 aromatic rings. The lowest BCUT2D eigenvalue weighted by atomic mass is 10.0. The molecule has 5 heteroatoms. The van der Waals surface area contributed by atoms with Gasteiger partial charge in [-0.15, -0.1) is 0 Å². The van der Waals surface area contributed by atoms with Crippen molar-refractivity contribution in [3.8, 4) is 5.75 Å². The first kappa shape index (κ1) is 16.1. The van der Waals surface area contributed by atoms with Crippen molar-refractivity contribution in [1.29, 1.82) is 0 Å². The topological polar surface area (TPSA) is 47.4 Å². The molecule has 2 aromatic carbocycles. The van der Waals surface area contributed by atoms with Crippen LogP contribution in [0.3, 0.4) is 0 Å². The average Bonchev–Trinajstić information content (AvgIpc) is 2.62. The number of hydrogen-bond acceptors (Lipinski definition) is 4. The first-order chi connectivity index (χ1) is 11.7. The maximum atomic E-state index is 6.02. The fourth-order valence-electron chi connectivity index (χ4n) is 2.34. The van der Waals surface area contributed by atoms with Crippen LogP contribution < -0.4 is 4.43 Å². The van der Waals surface area contributed by atoms with Crippen molar-refractivity contribution >= 4 is 20.4 Å². The van der Waals surface area contributed by atoms with E-state index < -0.39 is 9.04 Å². The van der Waals surface area contributed by atoms with Gasteiger partial charge in [-0.3, -0.25) is 0 Å². The summed E-state index contributed by atoms with van der Waals surface area (Å²) in [4.78, 5) is 13.1. The largest absolute Gasteiger partial charge is 0.546 e. The second-order valence-corrected chi connectivity index (χ2v) is 7.92. The number of para-hydroxylation sites is 2. The summed E-state index contributed by atoms with van der Waals surface area (Å²) in [5, 5.41) is 0. The lowest BCUT2D eigenvalue weighted by Gasteiger charge is -2.13. The SMILES string of the molecule is C[SiH](C)Oc1ccccc1N=C(c1ccccc1)c1cncnc1. The van der Waals surface area contributed by atoms with Crippen LogP contribution in [0.15, 0.2) is 78.3 Å². The van der Waals surface area contributed by atoms with Gasteiger partial charge in [-0.2, -0.15) is 0 Å². The van der Waals surface area contributed by atoms with Gasteiger partial charge in [0.05, 0.1) is 5.71 Å².